The number of hydrogen-bond acceptors (Lipinski definition) is 4. The molecule has 2 aromatic heterocycles. The van der Waals surface area contributed by atoms with Crippen LogP contribution in [-0.4, -0.2) is 23.1 Å². The van der Waals surface area contributed by atoms with Crippen LogP contribution in [0.5, 0.6) is 0 Å². The molecule has 0 aliphatic carbocycles. The lowest BCUT2D eigenvalue weighted by atomic mass is 9.99. The number of benzene rings is 2. The molecule has 2 aromatic carbocycles. The molecule has 0 saturated carbocycles. The SMILES string of the molecule is Clc1ccc(-c2sc3ncnc(N4CCCC4)c3c2-c2ccc(Cl)cc2)cc1. The van der Waals surface area contributed by atoms with Crippen molar-refractivity contribution in [1.29, 1.82) is 0 Å². The van der Waals surface area contributed by atoms with Gasteiger partial charge in [0.1, 0.15) is 17.0 Å². The molecule has 1 aliphatic heterocycles. The van der Waals surface area contributed by atoms with Gasteiger partial charge in [0.05, 0.1) is 5.39 Å². The standard InChI is InChI=1S/C22H17Cl2N3S/c23-16-7-3-14(4-8-16)18-19-21(27-11-1-2-12-27)25-13-26-22(19)28-20(18)15-5-9-17(24)10-6-15/h3-10,13H,1-2,11-12H2. The van der Waals surface area contributed by atoms with Gasteiger partial charge in [0, 0.05) is 33.6 Å². The summed E-state index contributed by atoms with van der Waals surface area (Å²) in [5.41, 5.74) is 3.42. The molecule has 1 saturated heterocycles. The number of thiophene rings is 1. The van der Waals surface area contributed by atoms with Crippen molar-refractivity contribution in [2.24, 2.45) is 0 Å². The first kappa shape index (κ1) is 17.9. The summed E-state index contributed by atoms with van der Waals surface area (Å²) in [6.07, 6.45) is 4.09. The largest absolute Gasteiger partial charge is 0.356 e. The summed E-state index contributed by atoms with van der Waals surface area (Å²) >= 11 is 14.0. The van der Waals surface area contributed by atoms with Crippen molar-refractivity contribution in [3.05, 3.63) is 64.9 Å². The Morgan fingerprint density at radius 3 is 2.04 bits per heavy atom. The van der Waals surface area contributed by atoms with Gasteiger partial charge in [-0.1, -0.05) is 47.5 Å². The highest BCUT2D eigenvalue weighted by molar-refractivity contribution is 7.22. The summed E-state index contributed by atoms with van der Waals surface area (Å²) in [7, 11) is 0. The van der Waals surface area contributed by atoms with E-state index in [4.69, 9.17) is 23.2 Å². The van der Waals surface area contributed by atoms with Gasteiger partial charge in [-0.2, -0.15) is 0 Å². The molecule has 0 bridgehead atoms. The van der Waals surface area contributed by atoms with Crippen molar-refractivity contribution in [3.8, 4) is 21.6 Å². The molecule has 4 aromatic rings. The summed E-state index contributed by atoms with van der Waals surface area (Å²) < 4.78 is 0. The maximum Gasteiger partial charge on any atom is 0.141 e. The Kier molecular flexibility index (Phi) is 4.71. The first-order valence-corrected chi connectivity index (χ1v) is 10.8. The molecule has 0 spiro atoms. The van der Waals surface area contributed by atoms with Gasteiger partial charge in [0.2, 0.25) is 0 Å². The number of rotatable bonds is 3. The lowest BCUT2D eigenvalue weighted by Crippen LogP contribution is -2.19. The van der Waals surface area contributed by atoms with Crippen molar-refractivity contribution >= 4 is 50.6 Å². The molecular weight excluding hydrogens is 409 g/mol. The minimum atomic E-state index is 0.729. The van der Waals surface area contributed by atoms with Crippen LogP contribution in [0, 0.1) is 0 Å². The van der Waals surface area contributed by atoms with Crippen molar-refractivity contribution in [3.63, 3.8) is 0 Å². The number of hydrogen-bond donors (Lipinski definition) is 0. The molecule has 0 N–H and O–H groups in total. The molecule has 0 unspecified atom stereocenters. The van der Waals surface area contributed by atoms with E-state index in [0.29, 0.717) is 0 Å². The Labute approximate surface area is 177 Å². The molecule has 3 heterocycles. The van der Waals surface area contributed by atoms with E-state index in [-0.39, 0.29) is 0 Å². The molecular formula is C22H17Cl2N3S. The zero-order valence-corrected chi connectivity index (χ0v) is 17.4. The van der Waals surface area contributed by atoms with Gasteiger partial charge in [-0.15, -0.1) is 11.3 Å². The lowest BCUT2D eigenvalue weighted by molar-refractivity contribution is 0.940. The van der Waals surface area contributed by atoms with Crippen molar-refractivity contribution in [2.45, 2.75) is 12.8 Å². The molecule has 28 heavy (non-hydrogen) atoms. The fourth-order valence-corrected chi connectivity index (χ4v) is 5.20. The zero-order chi connectivity index (χ0) is 19.1. The second-order valence-electron chi connectivity index (χ2n) is 6.89. The summed E-state index contributed by atoms with van der Waals surface area (Å²) in [5.74, 6) is 1.03. The van der Waals surface area contributed by atoms with Crippen LogP contribution >= 0.6 is 34.5 Å². The molecule has 3 nitrogen and oxygen atoms in total. The third-order valence-corrected chi connectivity index (χ3v) is 6.76. The maximum absolute atomic E-state index is 6.16. The van der Waals surface area contributed by atoms with E-state index in [1.54, 1.807) is 17.7 Å². The maximum atomic E-state index is 6.16. The van der Waals surface area contributed by atoms with Gasteiger partial charge in [-0.05, 0) is 48.2 Å². The van der Waals surface area contributed by atoms with Crippen LogP contribution in [0.2, 0.25) is 10.0 Å². The van der Waals surface area contributed by atoms with E-state index in [1.165, 1.54) is 23.3 Å². The quantitative estimate of drug-likeness (QED) is 0.356. The second-order valence-corrected chi connectivity index (χ2v) is 8.76. The summed E-state index contributed by atoms with van der Waals surface area (Å²) in [4.78, 5) is 13.9. The number of fused-ring (bicyclic) bond motifs is 1. The Bertz CT molecular complexity index is 1130. The lowest BCUT2D eigenvalue weighted by Gasteiger charge is -2.18. The molecule has 1 aliphatic rings. The van der Waals surface area contributed by atoms with Gasteiger partial charge >= 0.3 is 0 Å². The number of anilines is 1. The fraction of sp³-hybridized carbons (Fsp3) is 0.182. The third kappa shape index (κ3) is 3.16. The van der Waals surface area contributed by atoms with E-state index < -0.39 is 0 Å². The normalized spacial score (nSPS) is 14.1. The Morgan fingerprint density at radius 2 is 1.39 bits per heavy atom. The molecule has 0 radical (unpaired) electrons. The Morgan fingerprint density at radius 1 is 0.786 bits per heavy atom. The van der Waals surface area contributed by atoms with Crippen LogP contribution in [0.3, 0.4) is 0 Å². The van der Waals surface area contributed by atoms with Crippen LogP contribution in [-0.2, 0) is 0 Å². The van der Waals surface area contributed by atoms with Gasteiger partial charge in [0.15, 0.2) is 0 Å². The fourth-order valence-electron chi connectivity index (χ4n) is 3.78. The third-order valence-electron chi connectivity index (χ3n) is 5.11. The topological polar surface area (TPSA) is 29.0 Å². The van der Waals surface area contributed by atoms with Crippen LogP contribution in [0.25, 0.3) is 31.8 Å². The van der Waals surface area contributed by atoms with Crippen LogP contribution in [0.15, 0.2) is 54.9 Å². The predicted octanol–water partition coefficient (Wildman–Crippen LogP) is 6.93. The number of halogens is 2. The molecule has 5 rings (SSSR count). The molecule has 6 heteroatoms. The van der Waals surface area contributed by atoms with E-state index in [1.807, 2.05) is 24.3 Å². The van der Waals surface area contributed by atoms with E-state index in [9.17, 15) is 0 Å². The first-order valence-electron chi connectivity index (χ1n) is 9.25. The Hall–Kier alpha value is -2.14. The van der Waals surface area contributed by atoms with Crippen molar-refractivity contribution < 1.29 is 0 Å². The minimum absolute atomic E-state index is 0.729. The van der Waals surface area contributed by atoms with E-state index >= 15 is 0 Å². The van der Waals surface area contributed by atoms with Crippen molar-refractivity contribution in [2.75, 3.05) is 18.0 Å². The number of nitrogens with zero attached hydrogens (tertiary/aromatic N) is 3. The van der Waals surface area contributed by atoms with Gasteiger partial charge < -0.3 is 4.90 Å². The molecule has 0 amide bonds. The molecule has 1 fully saturated rings. The smallest absolute Gasteiger partial charge is 0.141 e. The second kappa shape index (κ2) is 7.36. The van der Waals surface area contributed by atoms with Crippen LogP contribution in [0.4, 0.5) is 5.82 Å². The average Bonchev–Trinajstić information content (AvgIpc) is 3.37. The monoisotopic (exact) mass is 425 g/mol. The Balaban J connectivity index is 1.81. The van der Waals surface area contributed by atoms with Gasteiger partial charge in [-0.3, -0.25) is 0 Å². The average molecular weight is 426 g/mol. The van der Waals surface area contributed by atoms with Crippen LogP contribution in [0.1, 0.15) is 12.8 Å². The summed E-state index contributed by atoms with van der Waals surface area (Å²) in [6.45, 7) is 2.08. The summed E-state index contributed by atoms with van der Waals surface area (Å²) in [5, 5.41) is 2.59. The highest BCUT2D eigenvalue weighted by atomic mass is 35.5. The van der Waals surface area contributed by atoms with Gasteiger partial charge in [-0.25, -0.2) is 9.97 Å². The minimum Gasteiger partial charge on any atom is -0.356 e. The van der Waals surface area contributed by atoms with Crippen molar-refractivity contribution in [1.82, 2.24) is 9.97 Å². The first-order chi connectivity index (χ1) is 13.7. The van der Waals surface area contributed by atoms with Crippen LogP contribution < -0.4 is 4.90 Å². The zero-order valence-electron chi connectivity index (χ0n) is 15.0. The molecule has 0 atom stereocenters. The summed E-state index contributed by atoms with van der Waals surface area (Å²) in [6, 6.07) is 16.0. The van der Waals surface area contributed by atoms with E-state index in [2.05, 4.69) is 39.1 Å². The predicted molar refractivity (Wildman–Crippen MR) is 120 cm³/mol. The van der Waals surface area contributed by atoms with Gasteiger partial charge in [0.25, 0.3) is 0 Å². The van der Waals surface area contributed by atoms with E-state index in [0.717, 1.165) is 50.3 Å². The number of aromatic nitrogens is 2. The highest BCUT2D eigenvalue weighted by Gasteiger charge is 2.24. The molecule has 140 valence electrons. The highest BCUT2D eigenvalue weighted by Crippen LogP contribution is 2.47.